The van der Waals surface area contributed by atoms with Crippen LogP contribution in [0.1, 0.15) is 49.4 Å². The van der Waals surface area contributed by atoms with Gasteiger partial charge in [-0.25, -0.2) is 21.6 Å². The van der Waals surface area contributed by atoms with E-state index < -0.39 is 50.3 Å². The Hall–Kier alpha value is -3.36. The molecule has 0 fully saturated rings. The van der Waals surface area contributed by atoms with Crippen molar-refractivity contribution in [1.29, 1.82) is 0 Å². The molecule has 0 spiro atoms. The number of hydrogen-bond acceptors (Lipinski definition) is 7. The number of carbonyl (C=O) groups excluding carboxylic acids is 1. The lowest BCUT2D eigenvalue weighted by Gasteiger charge is -2.30. The Morgan fingerprint density at radius 3 is 2.52 bits per heavy atom. The van der Waals surface area contributed by atoms with Gasteiger partial charge in [-0.1, -0.05) is 42.8 Å². The second-order valence-corrected chi connectivity index (χ2v) is 14.3. The van der Waals surface area contributed by atoms with E-state index in [-0.39, 0.29) is 30.8 Å². The van der Waals surface area contributed by atoms with Gasteiger partial charge >= 0.3 is 5.97 Å². The average molecular weight is 665 g/mol. The largest absolute Gasteiger partial charge is 0.480 e. The number of benzene rings is 2. The van der Waals surface area contributed by atoms with Gasteiger partial charge in [-0.2, -0.15) is 4.31 Å². The van der Waals surface area contributed by atoms with Gasteiger partial charge in [0.05, 0.1) is 10.6 Å². The van der Waals surface area contributed by atoms with E-state index in [9.17, 15) is 26.4 Å². The van der Waals surface area contributed by atoms with Crippen LogP contribution in [0.2, 0.25) is 5.02 Å². The molecule has 11 nitrogen and oxygen atoms in total. The third-order valence-corrected chi connectivity index (χ3v) is 11.0. The second kappa shape index (κ2) is 15.6. The molecule has 1 amide bonds. The van der Waals surface area contributed by atoms with Crippen molar-refractivity contribution in [1.82, 2.24) is 19.3 Å². The summed E-state index contributed by atoms with van der Waals surface area (Å²) in [6.45, 7) is 4.49. The summed E-state index contributed by atoms with van der Waals surface area (Å²) < 4.78 is 55.2. The van der Waals surface area contributed by atoms with E-state index in [1.807, 2.05) is 48.2 Å². The van der Waals surface area contributed by atoms with Crippen LogP contribution in [-0.2, 0) is 36.1 Å². The van der Waals surface area contributed by atoms with Crippen LogP contribution >= 0.6 is 11.6 Å². The zero-order valence-electron chi connectivity index (χ0n) is 24.8. The highest BCUT2D eigenvalue weighted by atomic mass is 35.5. The fourth-order valence-corrected chi connectivity index (χ4v) is 7.69. The highest BCUT2D eigenvalue weighted by Gasteiger charge is 2.31. The van der Waals surface area contributed by atoms with Crippen molar-refractivity contribution in [2.24, 2.45) is 0 Å². The number of pyridine rings is 1. The van der Waals surface area contributed by atoms with E-state index in [0.717, 1.165) is 28.7 Å². The third-order valence-electron chi connectivity index (χ3n) is 7.12. The van der Waals surface area contributed by atoms with E-state index in [4.69, 9.17) is 16.7 Å². The molecule has 14 heteroatoms. The van der Waals surface area contributed by atoms with Crippen molar-refractivity contribution in [3.63, 3.8) is 0 Å². The first-order valence-corrected chi connectivity index (χ1v) is 17.5. The Labute approximate surface area is 263 Å². The minimum absolute atomic E-state index is 0.00103. The van der Waals surface area contributed by atoms with Gasteiger partial charge in [0, 0.05) is 43.0 Å². The van der Waals surface area contributed by atoms with Crippen LogP contribution in [0.15, 0.2) is 65.8 Å². The molecule has 238 valence electrons. The number of rotatable bonds is 16. The maximum Gasteiger partial charge on any atom is 0.318 e. The maximum atomic E-state index is 14.1. The smallest absolute Gasteiger partial charge is 0.318 e. The van der Waals surface area contributed by atoms with E-state index in [1.165, 1.54) is 10.4 Å². The standard InChI is InChI=1S/C30H37ClN4O7S2/c1-4-23-19-32-14-13-26(23)25-9-5-8-24(18-25)22(3)35(44(41,42)28-11-6-10-27(31)21(28)2)16-7-12-29(36)33-15-17-43(39,40)34-20-30(37)38/h5-6,8-11,13-14,18-19,22,34H,4,7,12,15-17,20H2,1-3H3,(H,33,36)(H,37,38)/t22-/m0/s1. The van der Waals surface area contributed by atoms with Gasteiger partial charge in [-0.05, 0) is 78.8 Å². The summed E-state index contributed by atoms with van der Waals surface area (Å²) in [6, 6.07) is 13.7. The summed E-state index contributed by atoms with van der Waals surface area (Å²) in [6.07, 6.45) is 4.41. The molecule has 0 bridgehead atoms. The van der Waals surface area contributed by atoms with Crippen LogP contribution in [0, 0.1) is 6.92 Å². The van der Waals surface area contributed by atoms with Crippen LogP contribution in [-0.4, -0.2) is 68.5 Å². The van der Waals surface area contributed by atoms with Gasteiger partial charge < -0.3 is 10.4 Å². The molecule has 0 aliphatic carbocycles. The topological polar surface area (TPSA) is 163 Å². The number of carbonyl (C=O) groups is 2. The fraction of sp³-hybridized carbons (Fsp3) is 0.367. The zero-order chi connectivity index (χ0) is 32.5. The van der Waals surface area contributed by atoms with E-state index in [1.54, 1.807) is 32.2 Å². The van der Waals surface area contributed by atoms with Gasteiger partial charge in [0.1, 0.15) is 6.54 Å². The minimum Gasteiger partial charge on any atom is -0.480 e. The average Bonchev–Trinajstić information content (AvgIpc) is 2.99. The van der Waals surface area contributed by atoms with Crippen molar-refractivity contribution >= 4 is 43.5 Å². The van der Waals surface area contributed by atoms with E-state index in [2.05, 4.69) is 10.3 Å². The van der Waals surface area contributed by atoms with Crippen LogP contribution in [0.4, 0.5) is 0 Å². The zero-order valence-corrected chi connectivity index (χ0v) is 27.2. The number of aromatic nitrogens is 1. The first-order chi connectivity index (χ1) is 20.8. The quantitative estimate of drug-likeness (QED) is 0.207. The monoisotopic (exact) mass is 664 g/mol. The van der Waals surface area contributed by atoms with Gasteiger partial charge in [0.2, 0.25) is 26.0 Å². The van der Waals surface area contributed by atoms with Gasteiger partial charge in [0.15, 0.2) is 0 Å². The van der Waals surface area contributed by atoms with Crippen LogP contribution in [0.25, 0.3) is 11.1 Å². The summed E-state index contributed by atoms with van der Waals surface area (Å²) in [4.78, 5) is 27.4. The molecule has 3 rings (SSSR count). The first kappa shape index (κ1) is 35.1. The van der Waals surface area contributed by atoms with Crippen LogP contribution in [0.3, 0.4) is 0 Å². The SMILES string of the molecule is CCc1cnccc1-c1cccc([C@H](C)N(CCCC(=O)NCCS(=O)(=O)NCC(=O)O)S(=O)(=O)c2cccc(Cl)c2C)c1. The van der Waals surface area contributed by atoms with Gasteiger partial charge in [-0.15, -0.1) is 0 Å². The molecule has 44 heavy (non-hydrogen) atoms. The number of halogens is 1. The summed E-state index contributed by atoms with van der Waals surface area (Å²) in [5, 5.41) is 11.4. The van der Waals surface area contributed by atoms with Crippen molar-refractivity contribution in [2.45, 2.75) is 51.0 Å². The molecule has 2 aromatic carbocycles. The number of aliphatic carboxylic acids is 1. The van der Waals surface area contributed by atoms with E-state index >= 15 is 0 Å². The highest BCUT2D eigenvalue weighted by Crippen LogP contribution is 2.33. The highest BCUT2D eigenvalue weighted by molar-refractivity contribution is 7.89. The lowest BCUT2D eigenvalue weighted by molar-refractivity contribution is -0.135. The van der Waals surface area contributed by atoms with Crippen molar-refractivity contribution in [3.05, 3.63) is 82.6 Å². The predicted molar refractivity (Wildman–Crippen MR) is 169 cm³/mol. The Morgan fingerprint density at radius 1 is 1.09 bits per heavy atom. The van der Waals surface area contributed by atoms with E-state index in [0.29, 0.717) is 10.6 Å². The Morgan fingerprint density at radius 2 is 1.82 bits per heavy atom. The summed E-state index contributed by atoms with van der Waals surface area (Å²) in [5.41, 5.74) is 4.17. The minimum atomic E-state index is -4.07. The normalized spacial score (nSPS) is 12.7. The van der Waals surface area contributed by atoms with Crippen molar-refractivity contribution in [2.75, 3.05) is 25.4 Å². The molecule has 0 saturated carbocycles. The number of sulfonamides is 2. The number of amides is 1. The van der Waals surface area contributed by atoms with Crippen LogP contribution in [0.5, 0.6) is 0 Å². The van der Waals surface area contributed by atoms with Gasteiger partial charge in [-0.3, -0.25) is 14.6 Å². The molecule has 0 saturated heterocycles. The first-order valence-electron chi connectivity index (χ1n) is 14.0. The van der Waals surface area contributed by atoms with Crippen LogP contribution < -0.4 is 10.0 Å². The molecule has 3 aromatic rings. The summed E-state index contributed by atoms with van der Waals surface area (Å²) >= 11 is 6.28. The number of nitrogens with one attached hydrogen (secondary N) is 2. The molecule has 0 aliphatic rings. The number of carboxylic acid groups (broad SMARTS) is 1. The molecular formula is C30H37ClN4O7S2. The summed E-state index contributed by atoms with van der Waals surface area (Å²) in [5.74, 6) is -2.28. The molecule has 1 heterocycles. The van der Waals surface area contributed by atoms with Crippen molar-refractivity contribution in [3.8, 4) is 11.1 Å². The Kier molecular flexibility index (Phi) is 12.4. The maximum absolute atomic E-state index is 14.1. The summed E-state index contributed by atoms with van der Waals surface area (Å²) in [7, 11) is -7.95. The number of hydrogen-bond donors (Lipinski definition) is 3. The molecule has 1 aromatic heterocycles. The molecule has 3 N–H and O–H groups in total. The second-order valence-electron chi connectivity index (χ2n) is 10.2. The predicted octanol–water partition coefficient (Wildman–Crippen LogP) is 3.93. The number of aryl methyl sites for hydroxylation is 1. The lowest BCUT2D eigenvalue weighted by Crippen LogP contribution is -2.37. The number of nitrogens with zero attached hydrogens (tertiary/aromatic N) is 2. The van der Waals surface area contributed by atoms with Crippen molar-refractivity contribution < 1.29 is 31.5 Å². The lowest BCUT2D eigenvalue weighted by atomic mass is 9.97. The Bertz CT molecular complexity index is 1700. The molecular weight excluding hydrogens is 628 g/mol. The van der Waals surface area contributed by atoms with Gasteiger partial charge in [0.25, 0.3) is 0 Å². The fourth-order valence-electron chi connectivity index (χ4n) is 4.69. The third kappa shape index (κ3) is 9.32. The molecule has 1 atom stereocenters. The number of carboxylic acids is 1. The Balaban J connectivity index is 1.82. The molecule has 0 radical (unpaired) electrons. The molecule has 0 aliphatic heterocycles. The molecule has 0 unspecified atom stereocenters.